The summed E-state index contributed by atoms with van der Waals surface area (Å²) in [5.41, 5.74) is -0.0893. The van der Waals surface area contributed by atoms with Crippen molar-refractivity contribution in [3.05, 3.63) is 11.8 Å². The van der Waals surface area contributed by atoms with E-state index in [1.165, 1.54) is 38.5 Å². The molecule has 2 amide bonds. The Morgan fingerprint density at radius 1 is 1.11 bits per heavy atom. The number of amides is 2. The summed E-state index contributed by atoms with van der Waals surface area (Å²) >= 11 is 0. The second-order valence-electron chi connectivity index (χ2n) is 9.47. The van der Waals surface area contributed by atoms with E-state index in [9.17, 15) is 4.79 Å². The minimum absolute atomic E-state index is 0.0893. The SMILES string of the molecule is Cc1nnc([C@]23CCN(C(=O)NC4CCCC4)C[C@H]2CN(C2CCCC2)C3)o1. The minimum Gasteiger partial charge on any atom is -0.425 e. The molecule has 0 unspecified atom stereocenters. The van der Waals surface area contributed by atoms with E-state index in [1.54, 1.807) is 0 Å². The van der Waals surface area contributed by atoms with E-state index in [2.05, 4.69) is 20.4 Å². The smallest absolute Gasteiger partial charge is 0.317 e. The molecule has 154 valence electrons. The molecule has 3 heterocycles. The van der Waals surface area contributed by atoms with Gasteiger partial charge in [-0.2, -0.15) is 0 Å². The van der Waals surface area contributed by atoms with Crippen LogP contribution >= 0.6 is 0 Å². The molecule has 7 heteroatoms. The molecule has 2 saturated heterocycles. The summed E-state index contributed by atoms with van der Waals surface area (Å²) in [5, 5.41) is 11.9. The van der Waals surface area contributed by atoms with Gasteiger partial charge < -0.3 is 14.6 Å². The molecule has 4 aliphatic rings. The van der Waals surface area contributed by atoms with E-state index in [0.717, 1.165) is 51.3 Å². The summed E-state index contributed by atoms with van der Waals surface area (Å²) in [5.74, 6) is 1.81. The lowest BCUT2D eigenvalue weighted by molar-refractivity contribution is 0.115. The highest BCUT2D eigenvalue weighted by Crippen LogP contribution is 2.46. The molecular formula is C21H33N5O2. The molecule has 4 fully saturated rings. The molecule has 28 heavy (non-hydrogen) atoms. The largest absolute Gasteiger partial charge is 0.425 e. The highest BCUT2D eigenvalue weighted by molar-refractivity contribution is 5.74. The van der Waals surface area contributed by atoms with Gasteiger partial charge in [0.05, 0.1) is 5.41 Å². The number of piperidine rings is 1. The van der Waals surface area contributed by atoms with Crippen molar-refractivity contribution in [2.45, 2.75) is 82.2 Å². The molecule has 0 spiro atoms. The van der Waals surface area contributed by atoms with Crippen LogP contribution in [0.25, 0.3) is 0 Å². The Morgan fingerprint density at radius 3 is 2.57 bits per heavy atom. The quantitative estimate of drug-likeness (QED) is 0.863. The van der Waals surface area contributed by atoms with Crippen LogP contribution in [0.15, 0.2) is 4.42 Å². The second kappa shape index (κ2) is 7.32. The van der Waals surface area contributed by atoms with Gasteiger partial charge in [0, 0.05) is 51.1 Å². The van der Waals surface area contributed by atoms with E-state index in [4.69, 9.17) is 4.42 Å². The zero-order valence-electron chi connectivity index (χ0n) is 17.0. The van der Waals surface area contributed by atoms with Gasteiger partial charge in [0.2, 0.25) is 11.8 Å². The van der Waals surface area contributed by atoms with Crippen LogP contribution < -0.4 is 5.32 Å². The number of nitrogens with one attached hydrogen (secondary N) is 1. The van der Waals surface area contributed by atoms with Crippen molar-refractivity contribution >= 4 is 6.03 Å². The van der Waals surface area contributed by atoms with Gasteiger partial charge >= 0.3 is 6.03 Å². The molecule has 1 aromatic heterocycles. The fourth-order valence-corrected chi connectivity index (χ4v) is 6.14. The fraction of sp³-hybridized carbons (Fsp3) is 0.857. The van der Waals surface area contributed by atoms with Crippen molar-refractivity contribution in [2.75, 3.05) is 26.2 Å². The first kappa shape index (κ1) is 18.4. The first-order chi connectivity index (χ1) is 13.6. The van der Waals surface area contributed by atoms with Crippen LogP contribution in [-0.2, 0) is 5.41 Å². The van der Waals surface area contributed by atoms with Crippen LogP contribution in [0, 0.1) is 12.8 Å². The average molecular weight is 388 g/mol. The number of likely N-dealkylation sites (tertiary alicyclic amines) is 2. The Morgan fingerprint density at radius 2 is 1.86 bits per heavy atom. The minimum atomic E-state index is -0.0893. The Labute approximate surface area is 167 Å². The standard InChI is InChI=1S/C21H33N5O2/c1-15-23-24-19(28-15)21-10-11-25(20(27)22-17-6-2-3-7-17)12-16(21)13-26(14-21)18-8-4-5-9-18/h16-18H,2-14H2,1H3,(H,22,27)/t16-,21-/m0/s1. The Bertz CT molecular complexity index is 709. The summed E-state index contributed by atoms with van der Waals surface area (Å²) in [4.78, 5) is 17.6. The van der Waals surface area contributed by atoms with Crippen LogP contribution in [0.4, 0.5) is 4.79 Å². The van der Waals surface area contributed by atoms with Crippen LogP contribution in [0.1, 0.15) is 69.6 Å². The molecule has 2 aliphatic carbocycles. The molecule has 0 aromatic carbocycles. The van der Waals surface area contributed by atoms with Crippen molar-refractivity contribution in [2.24, 2.45) is 5.92 Å². The number of urea groups is 1. The highest BCUT2D eigenvalue weighted by Gasteiger charge is 2.55. The van der Waals surface area contributed by atoms with Gasteiger partial charge in [-0.1, -0.05) is 25.7 Å². The third-order valence-corrected chi connectivity index (χ3v) is 7.75. The lowest BCUT2D eigenvalue weighted by Crippen LogP contribution is -2.54. The maximum absolute atomic E-state index is 12.9. The Kier molecular flexibility index (Phi) is 4.81. The lowest BCUT2D eigenvalue weighted by atomic mass is 9.72. The van der Waals surface area contributed by atoms with E-state index < -0.39 is 0 Å². The normalized spacial score (nSPS) is 32.2. The molecular weight excluding hydrogens is 354 g/mol. The zero-order valence-corrected chi connectivity index (χ0v) is 17.0. The van der Waals surface area contributed by atoms with Crippen molar-refractivity contribution in [3.8, 4) is 0 Å². The molecule has 2 atom stereocenters. The number of fused-ring (bicyclic) bond motifs is 1. The van der Waals surface area contributed by atoms with Gasteiger partial charge in [0.25, 0.3) is 0 Å². The molecule has 5 rings (SSSR count). The first-order valence-electron chi connectivity index (χ1n) is 11.2. The molecule has 0 radical (unpaired) electrons. The number of carbonyl (C=O) groups excluding carboxylic acids is 1. The van der Waals surface area contributed by atoms with Gasteiger partial charge in [-0.05, 0) is 32.1 Å². The number of hydrogen-bond donors (Lipinski definition) is 1. The maximum atomic E-state index is 12.9. The second-order valence-corrected chi connectivity index (χ2v) is 9.47. The lowest BCUT2D eigenvalue weighted by Gasteiger charge is -2.41. The summed E-state index contributed by atoms with van der Waals surface area (Å²) in [6, 6.07) is 1.19. The van der Waals surface area contributed by atoms with Gasteiger partial charge in [-0.15, -0.1) is 10.2 Å². The summed E-state index contributed by atoms with van der Waals surface area (Å²) < 4.78 is 5.97. The summed E-state index contributed by atoms with van der Waals surface area (Å²) in [6.45, 7) is 5.48. The monoisotopic (exact) mass is 387 g/mol. The highest BCUT2D eigenvalue weighted by atomic mass is 16.4. The summed E-state index contributed by atoms with van der Waals surface area (Å²) in [7, 11) is 0. The topological polar surface area (TPSA) is 74.5 Å². The van der Waals surface area contributed by atoms with Crippen LogP contribution in [-0.4, -0.2) is 64.3 Å². The molecule has 0 bridgehead atoms. The Hall–Kier alpha value is -1.63. The van der Waals surface area contributed by atoms with Crippen molar-refractivity contribution in [1.29, 1.82) is 0 Å². The van der Waals surface area contributed by atoms with Crippen LogP contribution in [0.2, 0.25) is 0 Å². The maximum Gasteiger partial charge on any atom is 0.317 e. The van der Waals surface area contributed by atoms with E-state index in [0.29, 0.717) is 23.9 Å². The molecule has 2 aliphatic heterocycles. The third kappa shape index (κ3) is 3.21. The number of carbonyl (C=O) groups is 1. The number of hydrogen-bond acceptors (Lipinski definition) is 5. The number of aryl methyl sites for hydroxylation is 1. The third-order valence-electron chi connectivity index (χ3n) is 7.75. The zero-order chi connectivity index (χ0) is 19.1. The van der Waals surface area contributed by atoms with Crippen LogP contribution in [0.3, 0.4) is 0 Å². The molecule has 1 N–H and O–H groups in total. The Balaban J connectivity index is 1.34. The van der Waals surface area contributed by atoms with Crippen molar-refractivity contribution < 1.29 is 9.21 Å². The predicted molar refractivity (Wildman–Crippen MR) is 105 cm³/mol. The summed E-state index contributed by atoms with van der Waals surface area (Å²) in [6.07, 6.45) is 10.9. The fourth-order valence-electron chi connectivity index (χ4n) is 6.14. The van der Waals surface area contributed by atoms with E-state index in [-0.39, 0.29) is 11.4 Å². The van der Waals surface area contributed by atoms with E-state index >= 15 is 0 Å². The predicted octanol–water partition coefficient (Wildman–Crippen LogP) is 2.85. The molecule has 1 aromatic rings. The number of rotatable bonds is 3. The van der Waals surface area contributed by atoms with Crippen molar-refractivity contribution in [3.63, 3.8) is 0 Å². The van der Waals surface area contributed by atoms with Gasteiger partial charge in [0.1, 0.15) is 0 Å². The van der Waals surface area contributed by atoms with Gasteiger partial charge in [-0.25, -0.2) is 4.79 Å². The average Bonchev–Trinajstić information content (AvgIpc) is 3.46. The molecule has 7 nitrogen and oxygen atoms in total. The van der Waals surface area contributed by atoms with Crippen molar-refractivity contribution in [1.82, 2.24) is 25.3 Å². The van der Waals surface area contributed by atoms with E-state index in [1.807, 2.05) is 11.8 Å². The van der Waals surface area contributed by atoms with Gasteiger partial charge in [0.15, 0.2) is 0 Å². The first-order valence-corrected chi connectivity index (χ1v) is 11.2. The van der Waals surface area contributed by atoms with Gasteiger partial charge in [-0.3, -0.25) is 4.90 Å². The number of aromatic nitrogens is 2. The van der Waals surface area contributed by atoms with Crippen LogP contribution in [0.5, 0.6) is 0 Å². The molecule has 2 saturated carbocycles. The number of nitrogens with zero attached hydrogens (tertiary/aromatic N) is 4.